The average Bonchev–Trinajstić information content (AvgIpc) is 3.28. The quantitative estimate of drug-likeness (QED) is 0.421. The van der Waals surface area contributed by atoms with Crippen LogP contribution in [0.4, 0.5) is 23.2 Å². The summed E-state index contributed by atoms with van der Waals surface area (Å²) in [6.45, 7) is 0.523. The molecule has 4 atom stereocenters. The fourth-order valence-electron chi connectivity index (χ4n) is 5.50. The van der Waals surface area contributed by atoms with Gasteiger partial charge in [-0.1, -0.05) is 30.3 Å². The molecule has 0 radical (unpaired) electrons. The van der Waals surface area contributed by atoms with Crippen molar-refractivity contribution in [1.29, 1.82) is 0 Å². The second-order valence-corrected chi connectivity index (χ2v) is 9.07. The van der Waals surface area contributed by atoms with Crippen LogP contribution in [0.15, 0.2) is 60.8 Å². The largest absolute Gasteiger partial charge is 0.392 e. The van der Waals surface area contributed by atoms with E-state index in [1.165, 1.54) is 12.3 Å². The summed E-state index contributed by atoms with van der Waals surface area (Å²) in [4.78, 5) is 6.28. The summed E-state index contributed by atoms with van der Waals surface area (Å²) in [5.74, 6) is -2.18. The monoisotopic (exact) mass is 487 g/mol. The van der Waals surface area contributed by atoms with Crippen LogP contribution in [0.3, 0.4) is 0 Å². The number of nitrogens with zero attached hydrogens (tertiary/aromatic N) is 2. The normalized spacial score (nSPS) is 24.0. The summed E-state index contributed by atoms with van der Waals surface area (Å²) in [7, 11) is 0. The van der Waals surface area contributed by atoms with E-state index in [0.717, 1.165) is 17.7 Å². The van der Waals surface area contributed by atoms with Crippen molar-refractivity contribution in [2.75, 3.05) is 11.4 Å². The van der Waals surface area contributed by atoms with Crippen LogP contribution in [0.2, 0.25) is 0 Å². The van der Waals surface area contributed by atoms with Crippen molar-refractivity contribution in [3.8, 4) is 11.3 Å². The molecular weight excluding hydrogens is 462 g/mol. The van der Waals surface area contributed by atoms with Gasteiger partial charge in [0, 0.05) is 30.1 Å². The number of aliphatic hydroxyl groups excluding tert-OH is 2. The highest BCUT2D eigenvalue weighted by Gasteiger charge is 2.74. The van der Waals surface area contributed by atoms with Crippen molar-refractivity contribution >= 4 is 5.69 Å². The van der Waals surface area contributed by atoms with Crippen molar-refractivity contribution in [1.82, 2.24) is 10.3 Å². The molecule has 2 aromatic carbocycles. The molecule has 5 nitrogen and oxygen atoms in total. The lowest BCUT2D eigenvalue weighted by Gasteiger charge is -2.33. The Morgan fingerprint density at radius 2 is 1.86 bits per heavy atom. The van der Waals surface area contributed by atoms with Crippen LogP contribution in [-0.2, 0) is 13.2 Å². The van der Waals surface area contributed by atoms with E-state index in [1.54, 1.807) is 6.07 Å². The molecule has 5 rings (SSSR count). The second kappa shape index (κ2) is 9.22. The minimum Gasteiger partial charge on any atom is -0.392 e. The van der Waals surface area contributed by atoms with Gasteiger partial charge in [0.15, 0.2) is 11.6 Å². The van der Waals surface area contributed by atoms with Crippen LogP contribution in [0.25, 0.3) is 11.3 Å². The van der Waals surface area contributed by atoms with Gasteiger partial charge < -0.3 is 20.4 Å². The second-order valence-electron chi connectivity index (χ2n) is 9.07. The Morgan fingerprint density at radius 3 is 2.54 bits per heavy atom. The van der Waals surface area contributed by atoms with E-state index >= 15 is 0 Å². The highest BCUT2D eigenvalue weighted by Crippen LogP contribution is 2.58. The number of anilines is 1. The maximum absolute atomic E-state index is 13.8. The number of benzene rings is 2. The molecule has 3 aromatic rings. The number of nitrogens with one attached hydrogen (secondary N) is 1. The van der Waals surface area contributed by atoms with Crippen LogP contribution >= 0.6 is 0 Å². The topological polar surface area (TPSA) is 68.6 Å². The van der Waals surface area contributed by atoms with Crippen molar-refractivity contribution in [2.45, 2.75) is 43.7 Å². The number of alkyl halides is 2. The Hall–Kier alpha value is -3.01. The molecule has 1 saturated heterocycles. The summed E-state index contributed by atoms with van der Waals surface area (Å²) in [6, 6.07) is 14.0. The first-order chi connectivity index (χ1) is 16.9. The van der Waals surface area contributed by atoms with E-state index in [9.17, 15) is 27.8 Å². The molecular formula is C26H25F4N3O2. The number of rotatable bonds is 8. The molecule has 1 aliphatic carbocycles. The number of pyridine rings is 1. The van der Waals surface area contributed by atoms with E-state index < -0.39 is 35.7 Å². The lowest BCUT2D eigenvalue weighted by atomic mass is 10.0. The third kappa shape index (κ3) is 4.07. The third-order valence-electron chi connectivity index (χ3n) is 7.22. The van der Waals surface area contributed by atoms with Crippen molar-refractivity contribution in [3.63, 3.8) is 0 Å². The predicted octanol–water partition coefficient (Wildman–Crippen LogP) is 3.88. The SMILES string of the molecule is OCc1cc(-c2ccc(F)c(F)c2)ncc1N1CCC2C1[C@@]2(NCc1ccccc1)[C@H](O)C(F)F. The van der Waals surface area contributed by atoms with Gasteiger partial charge in [-0.2, -0.15) is 0 Å². The van der Waals surface area contributed by atoms with Crippen molar-refractivity contribution in [3.05, 3.63) is 83.6 Å². The molecule has 9 heteroatoms. The predicted molar refractivity (Wildman–Crippen MR) is 123 cm³/mol. The van der Waals surface area contributed by atoms with Crippen LogP contribution in [0, 0.1) is 17.6 Å². The molecule has 2 fully saturated rings. The Morgan fingerprint density at radius 1 is 1.09 bits per heavy atom. The van der Waals surface area contributed by atoms with Gasteiger partial charge in [-0.3, -0.25) is 4.98 Å². The number of fused-ring (bicyclic) bond motifs is 1. The maximum atomic E-state index is 13.8. The number of hydrogen-bond acceptors (Lipinski definition) is 5. The molecule has 0 amide bonds. The highest BCUT2D eigenvalue weighted by atomic mass is 19.3. The number of halogens is 4. The number of piperidine rings is 1. The summed E-state index contributed by atoms with van der Waals surface area (Å²) in [6.07, 6.45) is -2.68. The van der Waals surface area contributed by atoms with E-state index in [4.69, 9.17) is 0 Å². The van der Waals surface area contributed by atoms with Gasteiger partial charge in [0.25, 0.3) is 6.43 Å². The van der Waals surface area contributed by atoms with E-state index in [1.807, 2.05) is 35.2 Å². The fraction of sp³-hybridized carbons (Fsp3) is 0.346. The minimum atomic E-state index is -2.92. The van der Waals surface area contributed by atoms with Gasteiger partial charge in [0.05, 0.1) is 35.8 Å². The smallest absolute Gasteiger partial charge is 0.265 e. The van der Waals surface area contributed by atoms with Gasteiger partial charge >= 0.3 is 0 Å². The molecule has 2 aliphatic rings. The first-order valence-electron chi connectivity index (χ1n) is 11.4. The van der Waals surface area contributed by atoms with E-state index in [0.29, 0.717) is 42.0 Å². The summed E-state index contributed by atoms with van der Waals surface area (Å²) >= 11 is 0. The Balaban J connectivity index is 1.44. The lowest BCUT2D eigenvalue weighted by Crippen LogP contribution is -2.54. The van der Waals surface area contributed by atoms with Gasteiger partial charge in [-0.25, -0.2) is 17.6 Å². The number of aromatic nitrogens is 1. The zero-order chi connectivity index (χ0) is 24.7. The average molecular weight is 487 g/mol. The lowest BCUT2D eigenvalue weighted by molar-refractivity contribution is -0.0398. The van der Waals surface area contributed by atoms with Crippen LogP contribution in [-0.4, -0.2) is 45.9 Å². The molecule has 35 heavy (non-hydrogen) atoms. The molecule has 0 bridgehead atoms. The molecule has 1 aliphatic heterocycles. The summed E-state index contributed by atoms with van der Waals surface area (Å²) in [5.41, 5.74) is 1.46. The zero-order valence-corrected chi connectivity index (χ0v) is 18.7. The summed E-state index contributed by atoms with van der Waals surface area (Å²) < 4.78 is 54.5. The Labute approximate surface area is 200 Å². The number of aliphatic hydroxyl groups is 2. The molecule has 1 saturated carbocycles. The van der Waals surface area contributed by atoms with Gasteiger partial charge in [0.2, 0.25) is 0 Å². The Bertz CT molecular complexity index is 1210. The van der Waals surface area contributed by atoms with Crippen molar-refractivity contribution in [2.24, 2.45) is 5.92 Å². The molecule has 2 heterocycles. The standard InChI is InChI=1S/C26H25F4N3O2/c27-19-7-6-16(10-20(19)28)21-11-17(14-34)22(13-31-21)33-9-8-18-23(33)26(18,24(35)25(29)30)32-12-15-4-2-1-3-5-15/h1-7,10-11,13,18,23-25,32,34-35H,8-9,12,14H2/t18?,23?,24-,26-/m1/s1. The van der Waals surface area contributed by atoms with E-state index in [2.05, 4.69) is 10.3 Å². The summed E-state index contributed by atoms with van der Waals surface area (Å²) in [5, 5.41) is 23.8. The molecule has 1 aromatic heterocycles. The maximum Gasteiger partial charge on any atom is 0.265 e. The fourth-order valence-corrected chi connectivity index (χ4v) is 5.50. The highest BCUT2D eigenvalue weighted by molar-refractivity contribution is 5.66. The first kappa shape index (κ1) is 23.7. The molecule has 3 N–H and O–H groups in total. The van der Waals surface area contributed by atoms with Gasteiger partial charge in [0.1, 0.15) is 6.10 Å². The zero-order valence-electron chi connectivity index (χ0n) is 18.7. The third-order valence-corrected chi connectivity index (χ3v) is 7.22. The van der Waals surface area contributed by atoms with Crippen LogP contribution in [0.1, 0.15) is 17.5 Å². The van der Waals surface area contributed by atoms with Crippen molar-refractivity contribution < 1.29 is 27.8 Å². The number of hydrogen-bond donors (Lipinski definition) is 3. The van der Waals surface area contributed by atoms with E-state index in [-0.39, 0.29) is 12.5 Å². The molecule has 184 valence electrons. The van der Waals surface area contributed by atoms with Gasteiger partial charge in [-0.05, 0) is 36.2 Å². The van der Waals surface area contributed by atoms with Gasteiger partial charge in [-0.15, -0.1) is 0 Å². The van der Waals surface area contributed by atoms with Crippen LogP contribution < -0.4 is 10.2 Å². The minimum absolute atomic E-state index is 0.201. The Kier molecular flexibility index (Phi) is 6.25. The van der Waals surface area contributed by atoms with Crippen LogP contribution in [0.5, 0.6) is 0 Å². The first-order valence-corrected chi connectivity index (χ1v) is 11.4. The molecule has 0 spiro atoms. The molecule has 2 unspecified atom stereocenters.